The van der Waals surface area contributed by atoms with Crippen LogP contribution in [-0.2, 0) is 11.2 Å². The second-order valence-electron chi connectivity index (χ2n) is 5.17. The van der Waals surface area contributed by atoms with Gasteiger partial charge in [0.2, 0.25) is 0 Å². The lowest BCUT2D eigenvalue weighted by Gasteiger charge is -2.14. The minimum atomic E-state index is -1.09. The Balaban J connectivity index is 1.87. The number of pyridine rings is 1. The third-order valence-corrected chi connectivity index (χ3v) is 4.74. The van der Waals surface area contributed by atoms with Crippen LogP contribution in [0.25, 0.3) is 0 Å². The van der Waals surface area contributed by atoms with Crippen LogP contribution < -0.4 is 5.32 Å². The summed E-state index contributed by atoms with van der Waals surface area (Å²) >= 11 is 13.2. The van der Waals surface area contributed by atoms with Crippen molar-refractivity contribution < 1.29 is 14.7 Å². The lowest BCUT2D eigenvalue weighted by atomic mass is 10.2. The zero-order chi connectivity index (χ0) is 18.2. The Morgan fingerprint density at radius 3 is 2.52 bits per heavy atom. The van der Waals surface area contributed by atoms with Crippen LogP contribution in [0.5, 0.6) is 0 Å². The first kappa shape index (κ1) is 19.6. The maximum atomic E-state index is 12.2. The van der Waals surface area contributed by atoms with Crippen LogP contribution in [0.4, 0.5) is 0 Å². The van der Waals surface area contributed by atoms with Crippen molar-refractivity contribution in [3.05, 3.63) is 63.9 Å². The summed E-state index contributed by atoms with van der Waals surface area (Å²) in [6, 6.07) is 9.05. The van der Waals surface area contributed by atoms with Crippen molar-refractivity contribution in [2.45, 2.75) is 12.5 Å². The third kappa shape index (κ3) is 6.57. The van der Waals surface area contributed by atoms with Crippen LogP contribution in [0.15, 0.2) is 42.6 Å². The number of hydrogen-bond donors (Lipinski definition) is 2. The molecule has 0 bridgehead atoms. The Bertz CT molecular complexity index is 724. The zero-order valence-electron chi connectivity index (χ0n) is 13.1. The smallest absolute Gasteiger partial charge is 0.327 e. The van der Waals surface area contributed by atoms with E-state index in [9.17, 15) is 14.7 Å². The van der Waals surface area contributed by atoms with E-state index in [4.69, 9.17) is 23.2 Å². The summed E-state index contributed by atoms with van der Waals surface area (Å²) in [5, 5.41) is 12.4. The molecule has 0 saturated carbocycles. The molecule has 1 aromatic carbocycles. The Labute approximate surface area is 159 Å². The van der Waals surface area contributed by atoms with Gasteiger partial charge >= 0.3 is 5.97 Å². The van der Waals surface area contributed by atoms with Gasteiger partial charge in [-0.05, 0) is 42.5 Å². The standard InChI is InChI=1S/C17H16Cl2N2O3S/c18-12-7-11(8-13(19)9-12)16(22)21-15(17(23)24)10-25-6-4-14-3-1-2-5-20-14/h1-3,5,7-9,15H,4,6,10H2,(H,21,22)(H,23,24). The number of amides is 1. The number of halogens is 2. The van der Waals surface area contributed by atoms with Gasteiger partial charge in [0.25, 0.3) is 5.91 Å². The molecule has 1 atom stereocenters. The Kier molecular flexibility index (Phi) is 7.55. The van der Waals surface area contributed by atoms with Gasteiger partial charge in [-0.2, -0.15) is 11.8 Å². The molecule has 1 unspecified atom stereocenters. The lowest BCUT2D eigenvalue weighted by Crippen LogP contribution is -2.42. The van der Waals surface area contributed by atoms with Crippen LogP contribution in [0, 0.1) is 0 Å². The highest BCUT2D eigenvalue weighted by atomic mass is 35.5. The van der Waals surface area contributed by atoms with E-state index in [1.807, 2.05) is 18.2 Å². The summed E-state index contributed by atoms with van der Waals surface area (Å²) in [7, 11) is 0. The number of nitrogens with zero attached hydrogens (tertiary/aromatic N) is 1. The molecule has 25 heavy (non-hydrogen) atoms. The maximum absolute atomic E-state index is 12.2. The van der Waals surface area contributed by atoms with Crippen molar-refractivity contribution >= 4 is 46.8 Å². The molecule has 132 valence electrons. The van der Waals surface area contributed by atoms with Crippen molar-refractivity contribution in [1.82, 2.24) is 10.3 Å². The zero-order valence-corrected chi connectivity index (χ0v) is 15.4. The van der Waals surface area contributed by atoms with E-state index in [0.717, 1.165) is 12.1 Å². The molecule has 1 amide bonds. The number of thioether (sulfide) groups is 1. The summed E-state index contributed by atoms with van der Waals surface area (Å²) in [6.45, 7) is 0. The molecule has 8 heteroatoms. The first-order valence-corrected chi connectivity index (χ1v) is 9.34. The molecule has 1 heterocycles. The average Bonchev–Trinajstić information content (AvgIpc) is 2.57. The molecular formula is C17H16Cl2N2O3S. The van der Waals surface area contributed by atoms with E-state index in [1.54, 1.807) is 6.20 Å². The van der Waals surface area contributed by atoms with Crippen LogP contribution in [-0.4, -0.2) is 39.5 Å². The number of nitrogens with one attached hydrogen (secondary N) is 1. The van der Waals surface area contributed by atoms with E-state index in [0.29, 0.717) is 15.8 Å². The molecule has 2 rings (SSSR count). The number of aromatic nitrogens is 1. The summed E-state index contributed by atoms with van der Waals surface area (Å²) in [6.07, 6.45) is 2.45. The molecule has 1 aromatic heterocycles. The van der Waals surface area contributed by atoms with Crippen molar-refractivity contribution in [2.24, 2.45) is 0 Å². The third-order valence-electron chi connectivity index (χ3n) is 3.24. The number of carboxylic acid groups (broad SMARTS) is 1. The second kappa shape index (κ2) is 9.65. The molecule has 0 aliphatic carbocycles. The van der Waals surface area contributed by atoms with E-state index in [2.05, 4.69) is 10.3 Å². The normalized spacial score (nSPS) is 11.8. The van der Waals surface area contributed by atoms with Gasteiger partial charge in [0.05, 0.1) is 0 Å². The van der Waals surface area contributed by atoms with Crippen molar-refractivity contribution in [1.29, 1.82) is 0 Å². The van der Waals surface area contributed by atoms with Gasteiger partial charge in [-0.25, -0.2) is 4.79 Å². The highest BCUT2D eigenvalue weighted by molar-refractivity contribution is 7.99. The van der Waals surface area contributed by atoms with Gasteiger partial charge < -0.3 is 10.4 Å². The molecule has 0 fully saturated rings. The monoisotopic (exact) mass is 398 g/mol. The van der Waals surface area contributed by atoms with Crippen molar-refractivity contribution in [2.75, 3.05) is 11.5 Å². The molecular weight excluding hydrogens is 383 g/mol. The van der Waals surface area contributed by atoms with Gasteiger partial charge in [0.1, 0.15) is 6.04 Å². The minimum Gasteiger partial charge on any atom is -0.480 e. The van der Waals surface area contributed by atoms with E-state index in [-0.39, 0.29) is 11.3 Å². The molecule has 0 aliphatic rings. The molecule has 2 N–H and O–H groups in total. The van der Waals surface area contributed by atoms with Gasteiger partial charge in [-0.15, -0.1) is 0 Å². The van der Waals surface area contributed by atoms with Crippen LogP contribution in [0.3, 0.4) is 0 Å². The molecule has 0 saturated heterocycles. The number of rotatable bonds is 8. The Morgan fingerprint density at radius 1 is 1.20 bits per heavy atom. The number of aryl methyl sites for hydroxylation is 1. The first-order chi connectivity index (χ1) is 12.0. The topological polar surface area (TPSA) is 79.3 Å². The van der Waals surface area contributed by atoms with Crippen molar-refractivity contribution in [3.63, 3.8) is 0 Å². The number of benzene rings is 1. The Morgan fingerprint density at radius 2 is 1.92 bits per heavy atom. The van der Waals surface area contributed by atoms with Gasteiger partial charge in [0.15, 0.2) is 0 Å². The average molecular weight is 399 g/mol. The van der Waals surface area contributed by atoms with Gasteiger partial charge in [-0.1, -0.05) is 29.3 Å². The van der Waals surface area contributed by atoms with Gasteiger partial charge in [-0.3, -0.25) is 9.78 Å². The number of carbonyl (C=O) groups excluding carboxylic acids is 1. The number of carbonyl (C=O) groups is 2. The van der Waals surface area contributed by atoms with E-state index >= 15 is 0 Å². The number of aliphatic carboxylic acids is 1. The van der Waals surface area contributed by atoms with E-state index < -0.39 is 17.9 Å². The highest BCUT2D eigenvalue weighted by Gasteiger charge is 2.21. The predicted molar refractivity (Wildman–Crippen MR) is 101 cm³/mol. The fourth-order valence-electron chi connectivity index (χ4n) is 2.03. The maximum Gasteiger partial charge on any atom is 0.327 e. The summed E-state index contributed by atoms with van der Waals surface area (Å²) < 4.78 is 0. The molecule has 0 aliphatic heterocycles. The molecule has 5 nitrogen and oxygen atoms in total. The summed E-state index contributed by atoms with van der Waals surface area (Å²) in [4.78, 5) is 27.8. The van der Waals surface area contributed by atoms with Gasteiger partial charge in [0, 0.05) is 33.3 Å². The highest BCUT2D eigenvalue weighted by Crippen LogP contribution is 2.19. The molecule has 0 radical (unpaired) electrons. The largest absolute Gasteiger partial charge is 0.480 e. The van der Waals surface area contributed by atoms with Crippen LogP contribution >= 0.6 is 35.0 Å². The van der Waals surface area contributed by atoms with Crippen LogP contribution in [0.2, 0.25) is 10.0 Å². The van der Waals surface area contributed by atoms with Crippen molar-refractivity contribution in [3.8, 4) is 0 Å². The summed E-state index contributed by atoms with van der Waals surface area (Å²) in [5.74, 6) is -0.657. The predicted octanol–water partition coefficient (Wildman–Crippen LogP) is 3.55. The second-order valence-corrected chi connectivity index (χ2v) is 7.19. The van der Waals surface area contributed by atoms with Crippen LogP contribution in [0.1, 0.15) is 16.1 Å². The first-order valence-electron chi connectivity index (χ1n) is 7.43. The molecule has 0 spiro atoms. The SMILES string of the molecule is O=C(NC(CSCCc1ccccn1)C(=O)O)c1cc(Cl)cc(Cl)c1. The summed E-state index contributed by atoms with van der Waals surface area (Å²) in [5.41, 5.74) is 1.17. The minimum absolute atomic E-state index is 0.224. The molecule has 2 aromatic rings. The number of hydrogen-bond acceptors (Lipinski definition) is 4. The lowest BCUT2D eigenvalue weighted by molar-refractivity contribution is -0.138. The van der Waals surface area contributed by atoms with E-state index in [1.165, 1.54) is 30.0 Å². The fourth-order valence-corrected chi connectivity index (χ4v) is 3.53. The number of carboxylic acids is 1. The fraction of sp³-hybridized carbons (Fsp3) is 0.235. The quantitative estimate of drug-likeness (QED) is 0.664. The Hall–Kier alpha value is -1.76.